The third-order valence-electron chi connectivity index (χ3n) is 1.54. The molecular weight excluding hydrogens is 232 g/mol. The van der Waals surface area contributed by atoms with Crippen molar-refractivity contribution in [2.24, 2.45) is 0 Å². The highest BCUT2D eigenvalue weighted by atomic mass is 35.7. The topological polar surface area (TPSA) is 86.8 Å². The Labute approximate surface area is 84.8 Å². The second-order valence-corrected chi connectivity index (χ2v) is 4.96. The number of halogens is 1. The van der Waals surface area contributed by atoms with Gasteiger partial charge in [-0.05, 0) is 16.8 Å². The van der Waals surface area contributed by atoms with E-state index in [2.05, 4.69) is 10.4 Å². The molecule has 0 radical (unpaired) electrons. The second-order valence-electron chi connectivity index (χ2n) is 2.62. The Morgan fingerprint density at radius 2 is 2.07 bits per heavy atom. The van der Waals surface area contributed by atoms with Gasteiger partial charge in [0, 0.05) is 17.2 Å². The summed E-state index contributed by atoms with van der Waals surface area (Å²) in [5.74, 6) is 0. The minimum Gasteiger partial charge on any atom is -0.243 e. The van der Waals surface area contributed by atoms with E-state index in [-0.39, 0.29) is 4.09 Å². The lowest BCUT2D eigenvalue weighted by atomic mass is 10.3. The lowest BCUT2D eigenvalue weighted by Crippen LogP contribution is -2.28. The van der Waals surface area contributed by atoms with Crippen molar-refractivity contribution in [2.45, 2.75) is 26.3 Å². The smallest absolute Gasteiger partial charge is 0.243 e. The summed E-state index contributed by atoms with van der Waals surface area (Å²) in [6.07, 6.45) is 1.59. The van der Waals surface area contributed by atoms with Crippen LogP contribution >= 0.6 is 10.7 Å². The maximum Gasteiger partial charge on any atom is 0.379 e. The van der Waals surface area contributed by atoms with Crippen LogP contribution in [0.5, 0.6) is 0 Å². The molecule has 1 aromatic rings. The average molecular weight is 241 g/mol. The van der Waals surface area contributed by atoms with E-state index in [1.54, 1.807) is 0 Å². The Bertz CT molecular complexity index is 462. The molecule has 0 amide bonds. The molecule has 14 heavy (non-hydrogen) atoms. The predicted octanol–water partition coefficient (Wildman–Crippen LogP) is -0.428. The summed E-state index contributed by atoms with van der Waals surface area (Å²) < 4.78 is 22.6. The molecule has 0 atom stereocenters. The third-order valence-corrected chi connectivity index (χ3v) is 2.58. The summed E-state index contributed by atoms with van der Waals surface area (Å²) >= 11 is 0. The van der Waals surface area contributed by atoms with E-state index in [0.29, 0.717) is 6.54 Å². The first kappa shape index (κ1) is 11.2. The summed E-state index contributed by atoms with van der Waals surface area (Å²) in [6, 6.07) is 0. The quantitative estimate of drug-likeness (QED) is 0.667. The van der Waals surface area contributed by atoms with E-state index < -0.39 is 14.9 Å². The van der Waals surface area contributed by atoms with Crippen LogP contribution in [0.2, 0.25) is 0 Å². The number of hydrogen-bond donors (Lipinski definition) is 0. The SMILES string of the molecule is CCCCn1nnn(S(=O)(=O)Cl)c1=O. The van der Waals surface area contributed by atoms with Gasteiger partial charge in [0.05, 0.1) is 0 Å². The van der Waals surface area contributed by atoms with Crippen LogP contribution in [0.25, 0.3) is 0 Å². The Morgan fingerprint density at radius 1 is 1.43 bits per heavy atom. The molecule has 9 heteroatoms. The molecule has 0 unspecified atom stereocenters. The minimum atomic E-state index is -4.16. The lowest BCUT2D eigenvalue weighted by Gasteiger charge is -1.93. The van der Waals surface area contributed by atoms with Crippen LogP contribution in [-0.2, 0) is 15.8 Å². The fourth-order valence-corrected chi connectivity index (χ4v) is 1.51. The van der Waals surface area contributed by atoms with E-state index in [0.717, 1.165) is 17.5 Å². The van der Waals surface area contributed by atoms with Crippen LogP contribution in [0.15, 0.2) is 4.79 Å². The number of unbranched alkanes of at least 4 members (excludes halogenated alkanes) is 1. The van der Waals surface area contributed by atoms with Crippen LogP contribution < -0.4 is 5.69 Å². The van der Waals surface area contributed by atoms with Crippen molar-refractivity contribution in [1.82, 2.24) is 19.2 Å². The van der Waals surface area contributed by atoms with Gasteiger partial charge < -0.3 is 0 Å². The van der Waals surface area contributed by atoms with E-state index >= 15 is 0 Å². The average Bonchev–Trinajstić information content (AvgIpc) is 2.42. The standard InChI is InChI=1S/C5H9ClN4O3S/c1-2-3-4-9-5(11)10(8-7-9)14(6,12)13/h2-4H2,1H3. The van der Waals surface area contributed by atoms with Gasteiger partial charge in [0.15, 0.2) is 0 Å². The molecule has 1 heterocycles. The molecule has 0 spiro atoms. The zero-order valence-corrected chi connectivity index (χ0v) is 8.99. The zero-order chi connectivity index (χ0) is 10.8. The summed E-state index contributed by atoms with van der Waals surface area (Å²) in [4.78, 5) is 11.3. The van der Waals surface area contributed by atoms with Gasteiger partial charge in [0.25, 0.3) is 0 Å². The van der Waals surface area contributed by atoms with Crippen LogP contribution in [0, 0.1) is 0 Å². The minimum absolute atomic E-state index is 0.157. The van der Waals surface area contributed by atoms with Crippen LogP contribution in [-0.4, -0.2) is 27.6 Å². The fraction of sp³-hybridized carbons (Fsp3) is 0.800. The third kappa shape index (κ3) is 2.32. The van der Waals surface area contributed by atoms with Gasteiger partial charge in [0.2, 0.25) is 0 Å². The molecule has 0 fully saturated rings. The van der Waals surface area contributed by atoms with Gasteiger partial charge in [-0.15, -0.1) is 0 Å². The van der Waals surface area contributed by atoms with Gasteiger partial charge in [0.1, 0.15) is 0 Å². The Hall–Kier alpha value is -0.890. The predicted molar refractivity (Wildman–Crippen MR) is 49.4 cm³/mol. The van der Waals surface area contributed by atoms with Gasteiger partial charge in [-0.1, -0.05) is 17.4 Å². The van der Waals surface area contributed by atoms with E-state index in [1.165, 1.54) is 0 Å². The van der Waals surface area contributed by atoms with Crippen molar-refractivity contribution < 1.29 is 8.42 Å². The van der Waals surface area contributed by atoms with Gasteiger partial charge in [-0.25, -0.2) is 4.79 Å². The number of tetrazole rings is 1. The number of aryl methyl sites for hydroxylation is 1. The first-order valence-electron chi connectivity index (χ1n) is 3.94. The molecule has 0 saturated heterocycles. The molecule has 7 nitrogen and oxygen atoms in total. The van der Waals surface area contributed by atoms with Crippen LogP contribution in [0.1, 0.15) is 19.8 Å². The van der Waals surface area contributed by atoms with E-state index in [4.69, 9.17) is 10.7 Å². The Morgan fingerprint density at radius 3 is 2.50 bits per heavy atom. The molecule has 0 bridgehead atoms. The molecule has 0 saturated carbocycles. The molecule has 0 aliphatic carbocycles. The first-order chi connectivity index (χ1) is 6.46. The maximum absolute atomic E-state index is 11.3. The lowest BCUT2D eigenvalue weighted by molar-refractivity contribution is 0.540. The highest BCUT2D eigenvalue weighted by Gasteiger charge is 2.16. The Kier molecular flexibility index (Phi) is 3.27. The molecule has 0 N–H and O–H groups in total. The molecule has 1 rings (SSSR count). The highest BCUT2D eigenvalue weighted by molar-refractivity contribution is 8.12. The van der Waals surface area contributed by atoms with Crippen molar-refractivity contribution in [3.05, 3.63) is 10.5 Å². The molecule has 0 aliphatic rings. The molecule has 1 aromatic heterocycles. The number of aromatic nitrogens is 4. The van der Waals surface area contributed by atoms with Crippen LogP contribution in [0.3, 0.4) is 0 Å². The molecule has 0 aliphatic heterocycles. The summed E-state index contributed by atoms with van der Waals surface area (Å²) in [7, 11) is 0.775. The summed E-state index contributed by atoms with van der Waals surface area (Å²) in [5, 5.41) is 6.51. The van der Waals surface area contributed by atoms with Crippen LogP contribution in [0.4, 0.5) is 0 Å². The van der Waals surface area contributed by atoms with E-state index in [9.17, 15) is 13.2 Å². The number of nitrogens with zero attached hydrogens (tertiary/aromatic N) is 4. The van der Waals surface area contributed by atoms with Crippen molar-refractivity contribution in [3.8, 4) is 0 Å². The molecule has 0 aromatic carbocycles. The number of rotatable bonds is 4. The Balaban J connectivity index is 3.04. The van der Waals surface area contributed by atoms with Crippen molar-refractivity contribution in [3.63, 3.8) is 0 Å². The van der Waals surface area contributed by atoms with Crippen molar-refractivity contribution in [2.75, 3.05) is 0 Å². The van der Waals surface area contributed by atoms with Crippen molar-refractivity contribution in [1.29, 1.82) is 0 Å². The second kappa shape index (κ2) is 4.09. The van der Waals surface area contributed by atoms with Crippen molar-refractivity contribution >= 4 is 19.9 Å². The largest absolute Gasteiger partial charge is 0.379 e. The normalized spacial score (nSPS) is 11.9. The molecule has 80 valence electrons. The number of hydrogen-bond acceptors (Lipinski definition) is 5. The highest BCUT2D eigenvalue weighted by Crippen LogP contribution is 1.95. The zero-order valence-electron chi connectivity index (χ0n) is 7.42. The van der Waals surface area contributed by atoms with E-state index in [1.807, 2.05) is 6.92 Å². The summed E-state index contributed by atoms with van der Waals surface area (Å²) in [6.45, 7) is 2.27. The molecular formula is C5H9ClN4O3S. The monoisotopic (exact) mass is 240 g/mol. The van der Waals surface area contributed by atoms with Gasteiger partial charge >= 0.3 is 14.9 Å². The summed E-state index contributed by atoms with van der Waals surface area (Å²) in [5.41, 5.74) is -0.839. The fourth-order valence-electron chi connectivity index (χ4n) is 0.845. The first-order valence-corrected chi connectivity index (χ1v) is 6.21. The van der Waals surface area contributed by atoms with Gasteiger partial charge in [-0.2, -0.15) is 13.1 Å². The van der Waals surface area contributed by atoms with Gasteiger partial charge in [-0.3, -0.25) is 0 Å². The maximum atomic E-state index is 11.3.